The number of aromatic nitrogens is 2. The number of rotatable bonds is 6. The lowest BCUT2D eigenvalue weighted by atomic mass is 10.1. The fourth-order valence-corrected chi connectivity index (χ4v) is 4.73. The van der Waals surface area contributed by atoms with Gasteiger partial charge >= 0.3 is 0 Å². The molecule has 1 saturated heterocycles. The normalized spacial score (nSPS) is 16.4. The highest BCUT2D eigenvalue weighted by molar-refractivity contribution is 7.89. The molecular formula is C16H20FN5O3S2. The van der Waals surface area contributed by atoms with E-state index < -0.39 is 15.8 Å². The Balaban J connectivity index is 1.47. The number of sulfonamides is 1. The standard InChI is InChI=1S/C16H20FN5O3S2/c1-11-19-20-16(26-11)18-15(23)10-22-8-6-13(7-9-22)21-27(24,25)14-4-2-12(17)3-5-14/h2-5,13,21H,6-10H2,1H3,(H,18,20,23). The molecule has 2 N–H and O–H groups in total. The van der Waals surface area contributed by atoms with Crippen molar-refractivity contribution in [3.05, 3.63) is 35.1 Å². The Kier molecular flexibility index (Phi) is 6.15. The van der Waals surface area contributed by atoms with Crippen LogP contribution in [-0.2, 0) is 14.8 Å². The number of piperidine rings is 1. The Bertz CT molecular complexity index is 893. The number of hydrogen-bond acceptors (Lipinski definition) is 7. The number of nitrogens with one attached hydrogen (secondary N) is 2. The summed E-state index contributed by atoms with van der Waals surface area (Å²) in [5.41, 5.74) is 0. The van der Waals surface area contributed by atoms with Crippen molar-refractivity contribution < 1.29 is 17.6 Å². The number of carbonyl (C=O) groups excluding carboxylic acids is 1. The predicted octanol–water partition coefficient (Wildman–Crippen LogP) is 1.37. The summed E-state index contributed by atoms with van der Waals surface area (Å²) in [7, 11) is -3.68. The van der Waals surface area contributed by atoms with Crippen molar-refractivity contribution in [3.8, 4) is 0 Å². The van der Waals surface area contributed by atoms with Crippen LogP contribution in [0.15, 0.2) is 29.2 Å². The molecule has 1 aliphatic heterocycles. The van der Waals surface area contributed by atoms with E-state index in [4.69, 9.17) is 0 Å². The van der Waals surface area contributed by atoms with Crippen LogP contribution in [0.4, 0.5) is 9.52 Å². The fourth-order valence-electron chi connectivity index (χ4n) is 2.82. The Morgan fingerprint density at radius 2 is 1.93 bits per heavy atom. The van der Waals surface area contributed by atoms with Gasteiger partial charge in [-0.05, 0) is 44.0 Å². The van der Waals surface area contributed by atoms with Crippen LogP contribution in [0.5, 0.6) is 0 Å². The van der Waals surface area contributed by atoms with Crippen molar-refractivity contribution in [1.29, 1.82) is 0 Å². The number of benzene rings is 1. The monoisotopic (exact) mass is 413 g/mol. The van der Waals surface area contributed by atoms with Crippen LogP contribution in [-0.4, -0.2) is 55.1 Å². The van der Waals surface area contributed by atoms with Crippen LogP contribution in [0, 0.1) is 12.7 Å². The minimum atomic E-state index is -3.68. The van der Waals surface area contributed by atoms with Crippen molar-refractivity contribution >= 4 is 32.4 Å². The van der Waals surface area contributed by atoms with E-state index in [0.29, 0.717) is 31.1 Å². The molecule has 0 bridgehead atoms. The summed E-state index contributed by atoms with van der Waals surface area (Å²) in [6.07, 6.45) is 1.18. The van der Waals surface area contributed by atoms with Gasteiger partial charge < -0.3 is 0 Å². The molecule has 8 nitrogen and oxygen atoms in total. The first kappa shape index (κ1) is 19.8. The first-order valence-corrected chi connectivity index (χ1v) is 10.7. The van der Waals surface area contributed by atoms with E-state index in [0.717, 1.165) is 17.1 Å². The van der Waals surface area contributed by atoms with Crippen molar-refractivity contribution in [2.24, 2.45) is 0 Å². The van der Waals surface area contributed by atoms with Crippen molar-refractivity contribution in [1.82, 2.24) is 19.8 Å². The fraction of sp³-hybridized carbons (Fsp3) is 0.438. The molecule has 1 fully saturated rings. The maximum Gasteiger partial charge on any atom is 0.240 e. The van der Waals surface area contributed by atoms with E-state index >= 15 is 0 Å². The van der Waals surface area contributed by atoms with Crippen molar-refractivity contribution in [2.45, 2.75) is 30.7 Å². The Morgan fingerprint density at radius 1 is 1.26 bits per heavy atom. The highest BCUT2D eigenvalue weighted by Gasteiger charge is 2.25. The van der Waals surface area contributed by atoms with Crippen LogP contribution in [0.3, 0.4) is 0 Å². The first-order valence-electron chi connectivity index (χ1n) is 8.42. The number of aryl methyl sites for hydroxylation is 1. The lowest BCUT2D eigenvalue weighted by Gasteiger charge is -2.31. The number of likely N-dealkylation sites (tertiary alicyclic amines) is 1. The predicted molar refractivity (Wildman–Crippen MR) is 99.5 cm³/mol. The molecule has 2 heterocycles. The number of carbonyl (C=O) groups is 1. The van der Waals surface area contributed by atoms with Gasteiger partial charge in [-0.3, -0.25) is 15.0 Å². The number of nitrogens with zero attached hydrogens (tertiary/aromatic N) is 3. The highest BCUT2D eigenvalue weighted by Crippen LogP contribution is 2.16. The van der Waals surface area contributed by atoms with E-state index in [1.54, 1.807) is 0 Å². The summed E-state index contributed by atoms with van der Waals surface area (Å²) in [5.74, 6) is -0.652. The number of anilines is 1. The third kappa shape index (κ3) is 5.51. The van der Waals surface area contributed by atoms with Crippen LogP contribution in [0.2, 0.25) is 0 Å². The second kappa shape index (κ2) is 8.38. The third-order valence-electron chi connectivity index (χ3n) is 4.17. The minimum Gasteiger partial charge on any atom is -0.299 e. The zero-order valence-corrected chi connectivity index (χ0v) is 16.3. The molecule has 0 atom stereocenters. The maximum atomic E-state index is 13.0. The Labute approximate surface area is 160 Å². The summed E-state index contributed by atoms with van der Waals surface area (Å²) in [5, 5.41) is 11.7. The highest BCUT2D eigenvalue weighted by atomic mass is 32.2. The van der Waals surface area contributed by atoms with Gasteiger partial charge in [0.15, 0.2) is 0 Å². The zero-order valence-electron chi connectivity index (χ0n) is 14.7. The van der Waals surface area contributed by atoms with Gasteiger partial charge in [0, 0.05) is 19.1 Å². The van der Waals surface area contributed by atoms with Gasteiger partial charge in [-0.15, -0.1) is 10.2 Å². The summed E-state index contributed by atoms with van der Waals surface area (Å²) in [4.78, 5) is 14.1. The van der Waals surface area contributed by atoms with Gasteiger partial charge in [-0.2, -0.15) is 0 Å². The lowest BCUT2D eigenvalue weighted by molar-refractivity contribution is -0.117. The molecule has 0 saturated carbocycles. The molecule has 1 aromatic heterocycles. The molecule has 3 rings (SSSR count). The number of halogens is 1. The lowest BCUT2D eigenvalue weighted by Crippen LogP contribution is -2.46. The molecule has 0 aliphatic carbocycles. The smallest absolute Gasteiger partial charge is 0.240 e. The Morgan fingerprint density at radius 3 is 2.52 bits per heavy atom. The van der Waals surface area contributed by atoms with E-state index in [1.165, 1.54) is 23.5 Å². The van der Waals surface area contributed by atoms with Crippen molar-refractivity contribution in [2.75, 3.05) is 25.0 Å². The average molecular weight is 414 g/mol. The zero-order chi connectivity index (χ0) is 19.4. The molecule has 11 heteroatoms. The molecule has 0 unspecified atom stereocenters. The summed E-state index contributed by atoms with van der Waals surface area (Å²) in [6, 6.07) is 4.51. The van der Waals surface area contributed by atoms with E-state index in [-0.39, 0.29) is 23.4 Å². The number of hydrogen-bond donors (Lipinski definition) is 2. The first-order chi connectivity index (χ1) is 12.8. The van der Waals surface area contributed by atoms with Crippen LogP contribution >= 0.6 is 11.3 Å². The van der Waals surface area contributed by atoms with Gasteiger partial charge in [-0.25, -0.2) is 17.5 Å². The molecule has 2 aromatic rings. The second-order valence-electron chi connectivity index (χ2n) is 6.30. The molecule has 1 aliphatic rings. The van der Waals surface area contributed by atoms with Gasteiger partial charge in [0.2, 0.25) is 21.1 Å². The topological polar surface area (TPSA) is 104 Å². The van der Waals surface area contributed by atoms with Gasteiger partial charge in [0.1, 0.15) is 10.8 Å². The van der Waals surface area contributed by atoms with Gasteiger partial charge in [0.25, 0.3) is 0 Å². The van der Waals surface area contributed by atoms with Crippen LogP contribution < -0.4 is 10.0 Å². The molecule has 0 spiro atoms. The SMILES string of the molecule is Cc1nnc(NC(=O)CN2CCC(NS(=O)(=O)c3ccc(F)cc3)CC2)s1. The van der Waals surface area contributed by atoms with Crippen molar-refractivity contribution in [3.63, 3.8) is 0 Å². The van der Waals surface area contributed by atoms with Gasteiger partial charge in [0.05, 0.1) is 11.4 Å². The van der Waals surface area contributed by atoms with E-state index in [2.05, 4.69) is 20.2 Å². The molecule has 146 valence electrons. The quantitative estimate of drug-likeness (QED) is 0.741. The Hall–Kier alpha value is -1.95. The van der Waals surface area contributed by atoms with Crippen LogP contribution in [0.1, 0.15) is 17.8 Å². The molecular weight excluding hydrogens is 393 g/mol. The van der Waals surface area contributed by atoms with E-state index in [1.807, 2.05) is 11.8 Å². The summed E-state index contributed by atoms with van der Waals surface area (Å²) in [6.45, 7) is 3.22. The molecule has 27 heavy (non-hydrogen) atoms. The summed E-state index contributed by atoms with van der Waals surface area (Å²) >= 11 is 1.31. The molecule has 0 radical (unpaired) electrons. The number of amides is 1. The summed E-state index contributed by atoms with van der Waals surface area (Å²) < 4.78 is 40.3. The minimum absolute atomic E-state index is 0.0399. The van der Waals surface area contributed by atoms with Crippen LogP contribution in [0.25, 0.3) is 0 Å². The van der Waals surface area contributed by atoms with E-state index in [9.17, 15) is 17.6 Å². The van der Waals surface area contributed by atoms with Gasteiger partial charge in [-0.1, -0.05) is 11.3 Å². The maximum absolute atomic E-state index is 13.0. The molecule has 1 amide bonds. The third-order valence-corrected chi connectivity index (χ3v) is 6.46. The second-order valence-corrected chi connectivity index (χ2v) is 9.20. The molecule has 1 aromatic carbocycles. The largest absolute Gasteiger partial charge is 0.299 e. The average Bonchev–Trinajstić information content (AvgIpc) is 3.01.